The number of nitriles is 1. The smallest absolute Gasteiger partial charge is 0.262 e. The first-order chi connectivity index (χ1) is 28.6. The lowest BCUT2D eigenvalue weighted by Crippen LogP contribution is -2.74. The molecule has 12 nitrogen and oxygen atoms in total. The van der Waals surface area contributed by atoms with Gasteiger partial charge in [0.25, 0.3) is 23.6 Å². The lowest BCUT2D eigenvalue weighted by Gasteiger charge is -2.65. The van der Waals surface area contributed by atoms with E-state index in [4.69, 9.17) is 16.3 Å². The molecule has 13 heteroatoms. The Labute approximate surface area is 355 Å². The molecule has 0 bridgehead atoms. The maximum absolute atomic E-state index is 13.8. The van der Waals surface area contributed by atoms with E-state index in [9.17, 15) is 29.2 Å². The number of likely N-dealkylation sites (tertiary alicyclic amines) is 2. The number of nitrogens with zero attached hydrogens (tertiary/aromatic N) is 6. The van der Waals surface area contributed by atoms with E-state index >= 15 is 0 Å². The number of benzene rings is 3. The van der Waals surface area contributed by atoms with Crippen LogP contribution in [0.4, 0.5) is 5.69 Å². The van der Waals surface area contributed by atoms with Gasteiger partial charge in [0.2, 0.25) is 5.91 Å². The summed E-state index contributed by atoms with van der Waals surface area (Å²) in [6.07, 6.45) is 2.01. The number of imide groups is 2. The predicted molar refractivity (Wildman–Crippen MR) is 223 cm³/mol. The number of hydrogen-bond donors (Lipinski definition) is 0. The Morgan fingerprint density at radius 1 is 0.817 bits per heavy atom. The van der Waals surface area contributed by atoms with Crippen molar-refractivity contribution in [3.05, 3.63) is 93.0 Å². The number of carbonyl (C=O) groups is 5. The zero-order valence-corrected chi connectivity index (χ0v) is 35.2. The van der Waals surface area contributed by atoms with Gasteiger partial charge in [0.15, 0.2) is 0 Å². The minimum Gasteiger partial charge on any atom is -0.489 e. The SMILES string of the molecule is CN1C(=O)CCC(N2C(=O)c3ccc(N4CC(N5CCC(C#Cc6ccc7c(c6)CN([C@H]6C(C)(C)[C@H](Oc8ccc(C#N)c(Cl)c8)C6(C)C)C7=O)CC5)C4)cc3C2=O)C1=O. The molecule has 60 heavy (non-hydrogen) atoms. The van der Waals surface area contributed by atoms with Gasteiger partial charge in [0, 0.05) is 84.8 Å². The van der Waals surface area contributed by atoms with E-state index in [0.717, 1.165) is 71.2 Å². The first-order valence-electron chi connectivity index (χ1n) is 20.7. The van der Waals surface area contributed by atoms with Crippen LogP contribution in [0, 0.1) is 39.9 Å². The molecule has 0 N–H and O–H groups in total. The maximum atomic E-state index is 13.8. The van der Waals surface area contributed by atoms with Crippen LogP contribution in [0.2, 0.25) is 5.02 Å². The number of carbonyl (C=O) groups excluding carboxylic acids is 5. The number of ether oxygens (including phenoxy) is 1. The molecule has 0 aromatic heterocycles. The Balaban J connectivity index is 0.777. The lowest BCUT2D eigenvalue weighted by atomic mass is 9.49. The fourth-order valence-corrected chi connectivity index (χ4v) is 11.2. The van der Waals surface area contributed by atoms with Crippen molar-refractivity contribution in [2.75, 3.05) is 38.1 Å². The number of amides is 5. The van der Waals surface area contributed by atoms with Crippen molar-refractivity contribution in [1.82, 2.24) is 19.6 Å². The number of halogens is 1. The van der Waals surface area contributed by atoms with Gasteiger partial charge in [-0.2, -0.15) is 5.26 Å². The molecule has 3 saturated heterocycles. The molecule has 308 valence electrons. The molecular formula is C47H47ClN6O6. The van der Waals surface area contributed by atoms with E-state index in [1.807, 2.05) is 23.1 Å². The van der Waals surface area contributed by atoms with Crippen LogP contribution in [0.1, 0.15) is 101 Å². The second kappa shape index (κ2) is 14.5. The summed E-state index contributed by atoms with van der Waals surface area (Å²) in [7, 11) is 1.39. The molecule has 1 saturated carbocycles. The number of likely N-dealkylation sites (N-methyl/N-ethyl adjacent to an activating group) is 1. The third-order valence-electron chi connectivity index (χ3n) is 13.9. The molecule has 5 heterocycles. The molecule has 1 aliphatic carbocycles. The molecule has 6 aliphatic rings. The lowest BCUT2D eigenvalue weighted by molar-refractivity contribution is -0.199. The summed E-state index contributed by atoms with van der Waals surface area (Å²) in [6.45, 7) is 12.6. The number of hydrogen-bond acceptors (Lipinski definition) is 9. The van der Waals surface area contributed by atoms with Gasteiger partial charge in [-0.25, -0.2) is 0 Å². The highest BCUT2D eigenvalue weighted by Crippen LogP contribution is 2.59. The zero-order valence-electron chi connectivity index (χ0n) is 34.5. The van der Waals surface area contributed by atoms with E-state index in [-0.39, 0.29) is 53.5 Å². The van der Waals surface area contributed by atoms with Crippen LogP contribution in [-0.2, 0) is 16.1 Å². The van der Waals surface area contributed by atoms with E-state index in [1.165, 1.54) is 7.05 Å². The minimum absolute atomic E-state index is 0.0316. The van der Waals surface area contributed by atoms with Crippen molar-refractivity contribution in [2.24, 2.45) is 16.7 Å². The van der Waals surface area contributed by atoms with Crippen LogP contribution in [0.25, 0.3) is 0 Å². The van der Waals surface area contributed by atoms with Gasteiger partial charge in [-0.15, -0.1) is 0 Å². The molecule has 1 atom stereocenters. The molecular weight excluding hydrogens is 780 g/mol. The Bertz CT molecular complexity index is 2470. The van der Waals surface area contributed by atoms with Crippen LogP contribution in [-0.4, -0.2) is 107 Å². The number of fused-ring (bicyclic) bond motifs is 2. The Morgan fingerprint density at radius 2 is 1.52 bits per heavy atom. The third-order valence-corrected chi connectivity index (χ3v) is 14.2. The Kier molecular flexibility index (Phi) is 9.61. The normalized spacial score (nSPS) is 25.0. The van der Waals surface area contributed by atoms with Crippen LogP contribution in [0.15, 0.2) is 54.6 Å². The highest BCUT2D eigenvalue weighted by molar-refractivity contribution is 6.31. The van der Waals surface area contributed by atoms with E-state index in [1.54, 1.807) is 30.3 Å². The van der Waals surface area contributed by atoms with E-state index in [0.29, 0.717) is 40.0 Å². The molecule has 1 unspecified atom stereocenters. The van der Waals surface area contributed by atoms with Gasteiger partial charge >= 0.3 is 0 Å². The topological polar surface area (TPSA) is 135 Å². The molecule has 0 spiro atoms. The minimum atomic E-state index is -0.965. The summed E-state index contributed by atoms with van der Waals surface area (Å²) in [5.41, 5.74) is 3.82. The summed E-state index contributed by atoms with van der Waals surface area (Å²) in [4.78, 5) is 74.0. The number of piperidine rings is 2. The number of anilines is 1. The molecule has 3 aromatic rings. The molecule has 3 aromatic carbocycles. The van der Waals surface area contributed by atoms with Crippen molar-refractivity contribution >= 4 is 46.8 Å². The molecule has 0 radical (unpaired) electrons. The molecule has 4 fully saturated rings. The van der Waals surface area contributed by atoms with Gasteiger partial charge in [-0.05, 0) is 86.4 Å². The average molecular weight is 827 g/mol. The number of rotatable bonds is 6. The Morgan fingerprint density at radius 3 is 2.22 bits per heavy atom. The van der Waals surface area contributed by atoms with Crippen molar-refractivity contribution < 1.29 is 28.7 Å². The van der Waals surface area contributed by atoms with E-state index in [2.05, 4.69) is 61.5 Å². The summed E-state index contributed by atoms with van der Waals surface area (Å²) in [5.74, 6) is 6.06. The largest absolute Gasteiger partial charge is 0.489 e. The summed E-state index contributed by atoms with van der Waals surface area (Å²) in [6, 6.07) is 17.8. The average Bonchev–Trinajstić information content (AvgIpc) is 3.64. The highest BCUT2D eigenvalue weighted by Gasteiger charge is 2.67. The van der Waals surface area contributed by atoms with Gasteiger partial charge in [0.1, 0.15) is 24.0 Å². The first kappa shape index (κ1) is 39.8. The summed E-state index contributed by atoms with van der Waals surface area (Å²) < 4.78 is 6.48. The Hall–Kier alpha value is -5.69. The van der Waals surface area contributed by atoms with Crippen LogP contribution < -0.4 is 9.64 Å². The zero-order chi connectivity index (χ0) is 42.4. The van der Waals surface area contributed by atoms with Gasteiger partial charge in [-0.3, -0.25) is 38.7 Å². The van der Waals surface area contributed by atoms with Crippen LogP contribution in [0.5, 0.6) is 5.75 Å². The fourth-order valence-electron chi connectivity index (χ4n) is 11.0. The third kappa shape index (κ3) is 6.35. The van der Waals surface area contributed by atoms with Crippen molar-refractivity contribution in [3.63, 3.8) is 0 Å². The first-order valence-corrected chi connectivity index (χ1v) is 21.1. The van der Waals surface area contributed by atoms with Crippen molar-refractivity contribution in [1.29, 1.82) is 5.26 Å². The quantitative estimate of drug-likeness (QED) is 0.225. The second-order valence-electron chi connectivity index (χ2n) is 18.3. The summed E-state index contributed by atoms with van der Waals surface area (Å²) in [5, 5.41) is 9.62. The standard InChI is InChI=1S/C47H47ClN6O6/c1-46(2)44(47(3,4)45(46)60-33-11-9-29(23-49)37(48)22-33)53-24-30-20-28(8-12-34(30)40(53)56)7-6-27-16-18-51(19-17-27)32-25-52(26-32)31-10-13-35-36(21-31)42(58)54(41(35)57)38-14-15-39(55)50(5)43(38)59/h8-13,20-22,27,32,38,44-45H,14-19,24-26H2,1-5H3/t38?,44-,45-. The predicted octanol–water partition coefficient (Wildman–Crippen LogP) is 5.75. The van der Waals surface area contributed by atoms with Gasteiger partial charge in [-0.1, -0.05) is 51.1 Å². The fraction of sp³-hybridized carbons (Fsp3) is 0.447. The molecule has 9 rings (SSSR count). The highest BCUT2D eigenvalue weighted by atomic mass is 35.5. The monoisotopic (exact) mass is 826 g/mol. The van der Waals surface area contributed by atoms with Crippen LogP contribution in [0.3, 0.4) is 0 Å². The van der Waals surface area contributed by atoms with Gasteiger partial charge < -0.3 is 14.5 Å². The summed E-state index contributed by atoms with van der Waals surface area (Å²) >= 11 is 6.29. The second-order valence-corrected chi connectivity index (χ2v) is 18.7. The molecule has 5 aliphatic heterocycles. The molecule has 5 amide bonds. The van der Waals surface area contributed by atoms with Crippen molar-refractivity contribution in [2.45, 2.75) is 84.2 Å². The van der Waals surface area contributed by atoms with Crippen molar-refractivity contribution in [3.8, 4) is 23.7 Å². The van der Waals surface area contributed by atoms with Gasteiger partial charge in [0.05, 0.1) is 21.7 Å². The maximum Gasteiger partial charge on any atom is 0.262 e. The van der Waals surface area contributed by atoms with E-state index < -0.39 is 23.8 Å². The van der Waals surface area contributed by atoms with Crippen LogP contribution >= 0.6 is 11.6 Å².